The van der Waals surface area contributed by atoms with E-state index in [-0.39, 0.29) is 17.6 Å². The summed E-state index contributed by atoms with van der Waals surface area (Å²) in [4.78, 5) is 12.5. The molecule has 2 aliphatic carbocycles. The zero-order chi connectivity index (χ0) is 15.6. The van der Waals surface area contributed by atoms with E-state index in [2.05, 4.69) is 0 Å². The van der Waals surface area contributed by atoms with Crippen LogP contribution in [0.15, 0.2) is 0 Å². The predicted octanol–water partition coefficient (Wildman–Crippen LogP) is 1.91. The average molecular weight is 316 g/mol. The average Bonchev–Trinajstić information content (AvgIpc) is 2.38. The van der Waals surface area contributed by atoms with Crippen LogP contribution in [0.5, 0.6) is 0 Å². The molecule has 0 radical (unpaired) electrons. The SMILES string of the molecule is CC(C)[C@]1(O)CC[C@@]2(C)C(=O)CC[C@]3(C)O[S@](=O)OC1C23. The third-order valence-electron chi connectivity index (χ3n) is 6.11. The second-order valence-corrected chi connectivity index (χ2v) is 8.35. The van der Waals surface area contributed by atoms with E-state index in [9.17, 15) is 14.1 Å². The third-order valence-corrected chi connectivity index (χ3v) is 6.99. The molecule has 120 valence electrons. The summed E-state index contributed by atoms with van der Waals surface area (Å²) >= 11 is -1.87. The zero-order valence-electron chi connectivity index (χ0n) is 13.0. The summed E-state index contributed by atoms with van der Waals surface area (Å²) in [5.74, 6) is -0.0887. The van der Waals surface area contributed by atoms with Crippen LogP contribution in [0.2, 0.25) is 0 Å². The summed E-state index contributed by atoms with van der Waals surface area (Å²) in [6.07, 6.45) is 1.46. The molecule has 0 aromatic rings. The van der Waals surface area contributed by atoms with E-state index in [1.165, 1.54) is 0 Å². The number of rotatable bonds is 1. The Morgan fingerprint density at radius 1 is 1.29 bits per heavy atom. The zero-order valence-corrected chi connectivity index (χ0v) is 13.9. The van der Waals surface area contributed by atoms with Crippen molar-refractivity contribution in [2.45, 2.75) is 70.7 Å². The van der Waals surface area contributed by atoms with Crippen molar-refractivity contribution in [1.82, 2.24) is 0 Å². The monoisotopic (exact) mass is 316 g/mol. The van der Waals surface area contributed by atoms with Gasteiger partial charge in [0.2, 0.25) is 0 Å². The number of hydrogen-bond acceptors (Lipinski definition) is 5. The standard InChI is InChI=1S/C15H24O5S/c1-9(2)15(17)8-7-13(3)10(16)5-6-14(4)11(13)12(15)19-21(18)20-14/h9,11-12,17H,5-8H2,1-4H3/t11?,12?,13-,14-,15+,21+/m0/s1. The van der Waals surface area contributed by atoms with Crippen LogP contribution in [-0.4, -0.2) is 32.4 Å². The van der Waals surface area contributed by atoms with Gasteiger partial charge in [0.05, 0.1) is 11.2 Å². The van der Waals surface area contributed by atoms with Crippen LogP contribution in [-0.2, 0) is 24.5 Å². The van der Waals surface area contributed by atoms with Gasteiger partial charge < -0.3 is 5.11 Å². The summed E-state index contributed by atoms with van der Waals surface area (Å²) in [5.41, 5.74) is -2.31. The number of ketones is 1. The van der Waals surface area contributed by atoms with Crippen LogP contribution >= 0.6 is 0 Å². The summed E-state index contributed by atoms with van der Waals surface area (Å²) in [6.45, 7) is 7.73. The highest BCUT2D eigenvalue weighted by molar-refractivity contribution is 7.75. The van der Waals surface area contributed by atoms with Crippen molar-refractivity contribution in [3.8, 4) is 0 Å². The maximum absolute atomic E-state index is 12.5. The Labute approximate surface area is 128 Å². The highest BCUT2D eigenvalue weighted by Crippen LogP contribution is 2.60. The summed E-state index contributed by atoms with van der Waals surface area (Å²) in [7, 11) is 0. The lowest BCUT2D eigenvalue weighted by Gasteiger charge is -2.61. The maximum Gasteiger partial charge on any atom is 0.305 e. The lowest BCUT2D eigenvalue weighted by molar-refractivity contribution is -0.237. The summed E-state index contributed by atoms with van der Waals surface area (Å²) < 4.78 is 23.1. The lowest BCUT2D eigenvalue weighted by Crippen LogP contribution is -2.71. The van der Waals surface area contributed by atoms with E-state index in [1.807, 2.05) is 27.7 Å². The molecular weight excluding hydrogens is 292 g/mol. The third kappa shape index (κ3) is 1.99. The molecule has 2 saturated carbocycles. The van der Waals surface area contributed by atoms with Crippen LogP contribution in [0.3, 0.4) is 0 Å². The topological polar surface area (TPSA) is 72.8 Å². The van der Waals surface area contributed by atoms with Gasteiger partial charge in [0.1, 0.15) is 11.9 Å². The Bertz CT molecular complexity index is 506. The van der Waals surface area contributed by atoms with Gasteiger partial charge in [-0.3, -0.25) is 13.2 Å². The number of Topliss-reactive ketones (excluding diaryl/α,β-unsaturated/α-hetero) is 1. The first kappa shape index (κ1) is 15.6. The molecule has 1 heterocycles. The minimum atomic E-state index is -1.87. The second-order valence-electron chi connectivity index (χ2n) is 7.58. The van der Waals surface area contributed by atoms with Crippen molar-refractivity contribution >= 4 is 17.1 Å². The van der Waals surface area contributed by atoms with Crippen molar-refractivity contribution < 1.29 is 22.5 Å². The van der Waals surface area contributed by atoms with Crippen LogP contribution < -0.4 is 0 Å². The van der Waals surface area contributed by atoms with Crippen molar-refractivity contribution in [1.29, 1.82) is 0 Å². The van der Waals surface area contributed by atoms with Crippen molar-refractivity contribution in [2.24, 2.45) is 17.3 Å². The van der Waals surface area contributed by atoms with E-state index >= 15 is 0 Å². The number of hydrogen-bond donors (Lipinski definition) is 1. The van der Waals surface area contributed by atoms with Crippen molar-refractivity contribution in [2.75, 3.05) is 0 Å². The number of carbonyl (C=O) groups excluding carboxylic acids is 1. The van der Waals surface area contributed by atoms with Gasteiger partial charge in [-0.2, -0.15) is 4.21 Å². The van der Waals surface area contributed by atoms with Gasteiger partial charge in [0.15, 0.2) is 0 Å². The molecule has 0 aromatic heterocycles. The van der Waals surface area contributed by atoms with Gasteiger partial charge in [0.25, 0.3) is 0 Å². The molecule has 3 aliphatic rings. The molecule has 21 heavy (non-hydrogen) atoms. The molecule has 0 amide bonds. The molecule has 0 spiro atoms. The first-order valence-electron chi connectivity index (χ1n) is 7.67. The van der Waals surface area contributed by atoms with E-state index in [1.54, 1.807) is 0 Å². The predicted molar refractivity (Wildman–Crippen MR) is 77.4 cm³/mol. The second kappa shape index (κ2) is 4.60. The molecule has 1 saturated heterocycles. The normalized spacial score (nSPS) is 53.6. The fourth-order valence-corrected chi connectivity index (χ4v) is 5.58. The minimum Gasteiger partial charge on any atom is -0.387 e. The fourth-order valence-electron chi connectivity index (χ4n) is 4.60. The molecule has 1 aliphatic heterocycles. The van der Waals surface area contributed by atoms with Crippen molar-refractivity contribution in [3.63, 3.8) is 0 Å². The van der Waals surface area contributed by atoms with Crippen molar-refractivity contribution in [3.05, 3.63) is 0 Å². The highest BCUT2D eigenvalue weighted by Gasteiger charge is 2.68. The number of carbonyl (C=O) groups is 1. The Morgan fingerprint density at radius 2 is 1.95 bits per heavy atom. The van der Waals surface area contributed by atoms with Gasteiger partial charge in [-0.05, 0) is 32.1 Å². The molecule has 3 rings (SSSR count). The van der Waals surface area contributed by atoms with Crippen LogP contribution in [0.4, 0.5) is 0 Å². The maximum atomic E-state index is 12.5. The molecule has 0 bridgehead atoms. The van der Waals surface area contributed by atoms with Crippen LogP contribution in [0.25, 0.3) is 0 Å². The molecular formula is C15H24O5S. The first-order chi connectivity index (χ1) is 9.63. The minimum absolute atomic E-state index is 0.0385. The molecule has 5 nitrogen and oxygen atoms in total. The van der Waals surface area contributed by atoms with E-state index in [0.717, 1.165) is 0 Å². The Balaban J connectivity index is 2.12. The molecule has 6 heteroatoms. The summed E-state index contributed by atoms with van der Waals surface area (Å²) in [5, 5.41) is 11.1. The highest BCUT2D eigenvalue weighted by atomic mass is 32.2. The quantitative estimate of drug-likeness (QED) is 0.800. The Hall–Kier alpha value is -0.300. The molecule has 3 fully saturated rings. The Morgan fingerprint density at radius 3 is 2.57 bits per heavy atom. The van der Waals surface area contributed by atoms with Gasteiger partial charge in [0, 0.05) is 17.8 Å². The molecule has 6 atom stereocenters. The number of aliphatic hydroxyl groups is 1. The van der Waals surface area contributed by atoms with Crippen LogP contribution in [0.1, 0.15) is 53.4 Å². The van der Waals surface area contributed by atoms with Gasteiger partial charge >= 0.3 is 11.4 Å². The molecule has 1 N–H and O–H groups in total. The molecule has 0 aromatic carbocycles. The smallest absolute Gasteiger partial charge is 0.305 e. The van der Waals surface area contributed by atoms with E-state index in [0.29, 0.717) is 25.7 Å². The van der Waals surface area contributed by atoms with E-state index in [4.69, 9.17) is 8.37 Å². The lowest BCUT2D eigenvalue weighted by atomic mass is 9.49. The van der Waals surface area contributed by atoms with Gasteiger partial charge in [-0.1, -0.05) is 20.8 Å². The summed E-state index contributed by atoms with van der Waals surface area (Å²) in [6, 6.07) is 0. The molecule has 2 unspecified atom stereocenters. The van der Waals surface area contributed by atoms with E-state index < -0.39 is 34.1 Å². The fraction of sp³-hybridized carbons (Fsp3) is 0.933. The first-order valence-corrected chi connectivity index (χ1v) is 8.67. The van der Waals surface area contributed by atoms with Gasteiger partial charge in [-0.25, -0.2) is 0 Å². The Kier molecular flexibility index (Phi) is 3.41. The van der Waals surface area contributed by atoms with Crippen LogP contribution in [0, 0.1) is 17.3 Å². The van der Waals surface area contributed by atoms with Gasteiger partial charge in [-0.15, -0.1) is 0 Å². The largest absolute Gasteiger partial charge is 0.387 e.